The molecule has 1 aromatic carbocycles. The Labute approximate surface area is 149 Å². The molecule has 0 aromatic heterocycles. The molecule has 8 heteroatoms. The van der Waals surface area contributed by atoms with Crippen LogP contribution in [-0.2, 0) is 10.0 Å². The van der Waals surface area contributed by atoms with Crippen LogP contribution in [0.1, 0.15) is 19.3 Å². The van der Waals surface area contributed by atoms with Gasteiger partial charge in [-0.1, -0.05) is 24.6 Å². The number of benzene rings is 1. The number of guanidine groups is 1. The highest BCUT2D eigenvalue weighted by atomic mass is 127. The van der Waals surface area contributed by atoms with E-state index >= 15 is 0 Å². The number of nitrogens with two attached hydrogens (primary N) is 1. The summed E-state index contributed by atoms with van der Waals surface area (Å²) in [7, 11) is -3.26. The number of hydrogen-bond acceptors (Lipinski definition) is 3. The first-order chi connectivity index (χ1) is 10.1. The van der Waals surface area contributed by atoms with Crippen molar-refractivity contribution in [3.63, 3.8) is 0 Å². The van der Waals surface area contributed by atoms with Crippen LogP contribution >= 0.6 is 24.0 Å². The molecule has 0 radical (unpaired) electrons. The molecule has 0 unspecified atom stereocenters. The molecule has 0 amide bonds. The molecule has 1 fully saturated rings. The van der Waals surface area contributed by atoms with E-state index in [4.69, 9.17) is 5.73 Å². The van der Waals surface area contributed by atoms with Crippen molar-refractivity contribution in [2.24, 2.45) is 16.6 Å². The quantitative estimate of drug-likeness (QED) is 0.343. The molecule has 0 bridgehead atoms. The van der Waals surface area contributed by atoms with Crippen molar-refractivity contribution in [3.05, 3.63) is 30.3 Å². The standard InChI is InChI=1S/C14H22N4O2S.HI/c15-14(18-13-7-2-1-3-8-13)16-9-10-21(19,20)17-11-12-5-4-6-12;/h1-3,7-8,12,17H,4-6,9-11H2,(H3,15,16,18);1H. The van der Waals surface area contributed by atoms with Crippen molar-refractivity contribution in [1.29, 1.82) is 0 Å². The van der Waals surface area contributed by atoms with Crippen molar-refractivity contribution in [1.82, 2.24) is 4.72 Å². The van der Waals surface area contributed by atoms with Gasteiger partial charge in [0.1, 0.15) is 0 Å². The summed E-state index contributed by atoms with van der Waals surface area (Å²) >= 11 is 0. The predicted octanol–water partition coefficient (Wildman–Crippen LogP) is 1.75. The number of nitrogens with zero attached hydrogens (tertiary/aromatic N) is 1. The molecule has 2 rings (SSSR count). The minimum Gasteiger partial charge on any atom is -0.370 e. The maximum atomic E-state index is 11.8. The summed E-state index contributed by atoms with van der Waals surface area (Å²) in [6.45, 7) is 0.690. The molecule has 0 aliphatic heterocycles. The van der Waals surface area contributed by atoms with Crippen LogP contribution in [0.2, 0.25) is 0 Å². The Hall–Kier alpha value is -0.870. The first-order valence-electron chi connectivity index (χ1n) is 7.14. The topological polar surface area (TPSA) is 96.6 Å². The van der Waals surface area contributed by atoms with E-state index < -0.39 is 10.0 Å². The Kier molecular flexibility index (Phi) is 8.12. The van der Waals surface area contributed by atoms with E-state index in [1.54, 1.807) is 0 Å². The normalized spacial score (nSPS) is 15.7. The lowest BCUT2D eigenvalue weighted by Crippen LogP contribution is -2.34. The average Bonchev–Trinajstić information content (AvgIpc) is 2.37. The Morgan fingerprint density at radius 3 is 2.55 bits per heavy atom. The second-order valence-corrected chi connectivity index (χ2v) is 7.15. The zero-order valence-electron chi connectivity index (χ0n) is 12.4. The van der Waals surface area contributed by atoms with Gasteiger partial charge in [-0.05, 0) is 30.9 Å². The monoisotopic (exact) mass is 438 g/mol. The number of para-hydroxylation sites is 1. The summed E-state index contributed by atoms with van der Waals surface area (Å²) in [5.41, 5.74) is 6.54. The SMILES string of the molecule is I.NC(=NCCS(=O)(=O)NCC1CCC1)Nc1ccccc1. The fourth-order valence-electron chi connectivity index (χ4n) is 2.01. The van der Waals surface area contributed by atoms with Crippen LogP contribution in [0.25, 0.3) is 0 Å². The third-order valence-corrected chi connectivity index (χ3v) is 4.83. The van der Waals surface area contributed by atoms with Crippen molar-refractivity contribution < 1.29 is 8.42 Å². The number of sulfonamides is 1. The summed E-state index contributed by atoms with van der Waals surface area (Å²) in [6.07, 6.45) is 3.45. The summed E-state index contributed by atoms with van der Waals surface area (Å²) in [5.74, 6) is 0.681. The Bertz CT molecular complexity index is 574. The van der Waals surface area contributed by atoms with E-state index in [1.807, 2.05) is 30.3 Å². The summed E-state index contributed by atoms with van der Waals surface area (Å²) < 4.78 is 26.2. The highest BCUT2D eigenvalue weighted by Crippen LogP contribution is 2.25. The Balaban J connectivity index is 0.00000242. The molecule has 0 spiro atoms. The van der Waals surface area contributed by atoms with Crippen molar-refractivity contribution >= 4 is 45.6 Å². The maximum Gasteiger partial charge on any atom is 0.213 e. The molecular formula is C14H23IN4O2S. The molecule has 1 aromatic rings. The second-order valence-electron chi connectivity index (χ2n) is 5.22. The van der Waals surface area contributed by atoms with Crippen LogP contribution in [0.5, 0.6) is 0 Å². The molecule has 22 heavy (non-hydrogen) atoms. The highest BCUT2D eigenvalue weighted by Gasteiger charge is 2.19. The second kappa shape index (κ2) is 9.31. The molecule has 1 aliphatic carbocycles. The zero-order valence-corrected chi connectivity index (χ0v) is 15.5. The third kappa shape index (κ3) is 6.93. The van der Waals surface area contributed by atoms with Gasteiger partial charge < -0.3 is 11.1 Å². The van der Waals surface area contributed by atoms with Crippen LogP contribution in [0.3, 0.4) is 0 Å². The molecule has 1 aliphatic rings. The number of anilines is 1. The van der Waals surface area contributed by atoms with Gasteiger partial charge in [-0.25, -0.2) is 13.1 Å². The van der Waals surface area contributed by atoms with Crippen molar-refractivity contribution in [2.45, 2.75) is 19.3 Å². The van der Waals surface area contributed by atoms with Crippen LogP contribution in [0, 0.1) is 5.92 Å². The predicted molar refractivity (Wildman–Crippen MR) is 101 cm³/mol. The van der Waals surface area contributed by atoms with Gasteiger partial charge in [0.05, 0.1) is 12.3 Å². The number of hydrogen-bond donors (Lipinski definition) is 3. The van der Waals surface area contributed by atoms with Crippen LogP contribution in [-0.4, -0.2) is 33.2 Å². The molecule has 124 valence electrons. The van der Waals surface area contributed by atoms with E-state index in [9.17, 15) is 8.42 Å². The smallest absolute Gasteiger partial charge is 0.213 e. The summed E-state index contributed by atoms with van der Waals surface area (Å²) in [5, 5.41) is 2.91. The van der Waals surface area contributed by atoms with E-state index in [-0.39, 0.29) is 42.2 Å². The number of nitrogens with one attached hydrogen (secondary N) is 2. The van der Waals surface area contributed by atoms with Crippen LogP contribution in [0.4, 0.5) is 5.69 Å². The van der Waals surface area contributed by atoms with Gasteiger partial charge in [-0.15, -0.1) is 24.0 Å². The Morgan fingerprint density at radius 1 is 1.27 bits per heavy atom. The van der Waals surface area contributed by atoms with E-state index in [1.165, 1.54) is 6.42 Å². The first kappa shape index (κ1) is 19.2. The summed E-state index contributed by atoms with van der Waals surface area (Å²) in [6, 6.07) is 9.38. The number of aliphatic imine (C=N–C) groups is 1. The fraction of sp³-hybridized carbons (Fsp3) is 0.500. The average molecular weight is 438 g/mol. The molecule has 1 saturated carbocycles. The van der Waals surface area contributed by atoms with E-state index in [2.05, 4.69) is 15.0 Å². The number of halogens is 1. The van der Waals surface area contributed by atoms with Crippen LogP contribution in [0.15, 0.2) is 35.3 Å². The van der Waals surface area contributed by atoms with E-state index in [0.717, 1.165) is 18.5 Å². The maximum absolute atomic E-state index is 11.8. The molecule has 4 N–H and O–H groups in total. The van der Waals surface area contributed by atoms with Gasteiger partial charge in [0.25, 0.3) is 0 Å². The molecular weight excluding hydrogens is 415 g/mol. The van der Waals surface area contributed by atoms with Gasteiger partial charge in [0.15, 0.2) is 5.96 Å². The molecule has 0 saturated heterocycles. The zero-order chi connectivity index (χ0) is 15.1. The van der Waals surface area contributed by atoms with Gasteiger partial charge in [0, 0.05) is 12.2 Å². The largest absolute Gasteiger partial charge is 0.370 e. The van der Waals surface area contributed by atoms with Gasteiger partial charge >= 0.3 is 0 Å². The van der Waals surface area contributed by atoms with Gasteiger partial charge in [-0.2, -0.15) is 0 Å². The lowest BCUT2D eigenvalue weighted by molar-refractivity contribution is 0.316. The van der Waals surface area contributed by atoms with E-state index in [0.29, 0.717) is 12.5 Å². The fourth-order valence-corrected chi connectivity index (χ4v) is 2.97. The van der Waals surface area contributed by atoms with Crippen LogP contribution < -0.4 is 15.8 Å². The minimum absolute atomic E-state index is 0. The van der Waals surface area contributed by atoms with Gasteiger partial charge in [-0.3, -0.25) is 4.99 Å². The summed E-state index contributed by atoms with van der Waals surface area (Å²) in [4.78, 5) is 4.03. The Morgan fingerprint density at radius 2 is 1.95 bits per heavy atom. The highest BCUT2D eigenvalue weighted by molar-refractivity contribution is 14.0. The molecule has 0 heterocycles. The number of rotatable bonds is 7. The molecule has 6 nitrogen and oxygen atoms in total. The lowest BCUT2D eigenvalue weighted by atomic mass is 9.86. The van der Waals surface area contributed by atoms with Crippen molar-refractivity contribution in [2.75, 3.05) is 24.2 Å². The lowest BCUT2D eigenvalue weighted by Gasteiger charge is -2.25. The van der Waals surface area contributed by atoms with Gasteiger partial charge in [0.2, 0.25) is 10.0 Å². The van der Waals surface area contributed by atoms with Crippen molar-refractivity contribution in [3.8, 4) is 0 Å². The first-order valence-corrected chi connectivity index (χ1v) is 8.80. The molecule has 0 atom stereocenters. The third-order valence-electron chi connectivity index (χ3n) is 3.51. The minimum atomic E-state index is -3.26.